The summed E-state index contributed by atoms with van der Waals surface area (Å²) < 4.78 is 6.12. The highest BCUT2D eigenvalue weighted by atomic mass is 16.5. The van der Waals surface area contributed by atoms with Crippen molar-refractivity contribution in [2.75, 3.05) is 7.11 Å². The zero-order valence-electron chi connectivity index (χ0n) is 11.4. The Hall–Kier alpha value is -2.88. The van der Waals surface area contributed by atoms with Crippen LogP contribution in [0.5, 0.6) is 0 Å². The van der Waals surface area contributed by atoms with Gasteiger partial charge in [-0.2, -0.15) is 0 Å². The Balaban J connectivity index is 2.03. The minimum atomic E-state index is -0.452. The fourth-order valence-corrected chi connectivity index (χ4v) is 2.30. The van der Waals surface area contributed by atoms with E-state index in [1.165, 1.54) is 11.7 Å². The van der Waals surface area contributed by atoms with E-state index in [1.54, 1.807) is 42.6 Å². The van der Waals surface area contributed by atoms with Crippen molar-refractivity contribution in [2.45, 2.75) is 0 Å². The molecular formula is C17H13NO3. The first-order valence-electron chi connectivity index (χ1n) is 6.50. The quantitative estimate of drug-likeness (QED) is 0.675. The van der Waals surface area contributed by atoms with Gasteiger partial charge in [0.25, 0.3) is 0 Å². The van der Waals surface area contributed by atoms with Crippen LogP contribution in [0.1, 0.15) is 15.9 Å². The molecule has 0 aliphatic rings. The molecular weight excluding hydrogens is 266 g/mol. The Morgan fingerprint density at radius 3 is 2.43 bits per heavy atom. The van der Waals surface area contributed by atoms with Crippen molar-refractivity contribution in [3.8, 4) is 0 Å². The van der Waals surface area contributed by atoms with Crippen LogP contribution < -0.4 is 0 Å². The van der Waals surface area contributed by atoms with E-state index < -0.39 is 6.09 Å². The molecule has 1 aromatic heterocycles. The molecule has 1 heterocycles. The molecule has 0 saturated carbocycles. The van der Waals surface area contributed by atoms with Gasteiger partial charge in [0.15, 0.2) is 5.78 Å². The van der Waals surface area contributed by atoms with Gasteiger partial charge in [-0.25, -0.2) is 4.79 Å². The summed E-state index contributed by atoms with van der Waals surface area (Å²) in [5.74, 6) is -0.0386. The van der Waals surface area contributed by atoms with Crippen LogP contribution in [0.4, 0.5) is 4.79 Å². The molecule has 4 nitrogen and oxygen atoms in total. The summed E-state index contributed by atoms with van der Waals surface area (Å²) in [5.41, 5.74) is 1.95. The number of ether oxygens (including phenoxy) is 1. The molecule has 0 N–H and O–H groups in total. The lowest BCUT2D eigenvalue weighted by Crippen LogP contribution is -2.09. The number of carbonyl (C=O) groups is 2. The topological polar surface area (TPSA) is 48.3 Å². The lowest BCUT2D eigenvalue weighted by Gasteiger charge is -2.04. The SMILES string of the molecule is COC(=O)n1ccc2cc(C(=O)c3ccccc3)ccc21. The first-order chi connectivity index (χ1) is 10.2. The molecule has 0 fully saturated rings. The number of aromatic nitrogens is 1. The van der Waals surface area contributed by atoms with E-state index in [9.17, 15) is 9.59 Å². The first kappa shape index (κ1) is 13.1. The normalized spacial score (nSPS) is 10.5. The van der Waals surface area contributed by atoms with Crippen molar-refractivity contribution in [3.63, 3.8) is 0 Å². The summed E-state index contributed by atoms with van der Waals surface area (Å²) in [6, 6.07) is 16.1. The number of hydrogen-bond donors (Lipinski definition) is 0. The lowest BCUT2D eigenvalue weighted by atomic mass is 10.0. The Morgan fingerprint density at radius 1 is 0.952 bits per heavy atom. The predicted octanol–water partition coefficient (Wildman–Crippen LogP) is 3.49. The number of rotatable bonds is 2. The molecule has 3 aromatic rings. The lowest BCUT2D eigenvalue weighted by molar-refractivity contribution is 0.103. The first-order valence-corrected chi connectivity index (χ1v) is 6.50. The molecule has 0 spiro atoms. The van der Waals surface area contributed by atoms with Crippen LogP contribution in [0.2, 0.25) is 0 Å². The van der Waals surface area contributed by atoms with E-state index in [2.05, 4.69) is 0 Å². The van der Waals surface area contributed by atoms with Crippen LogP contribution in [0.25, 0.3) is 10.9 Å². The molecule has 0 radical (unpaired) electrons. The van der Waals surface area contributed by atoms with Gasteiger partial charge in [-0.05, 0) is 24.3 Å². The summed E-state index contributed by atoms with van der Waals surface area (Å²) in [6.45, 7) is 0. The molecule has 0 saturated heterocycles. The summed E-state index contributed by atoms with van der Waals surface area (Å²) >= 11 is 0. The maximum atomic E-state index is 12.4. The minimum Gasteiger partial charge on any atom is -0.452 e. The number of ketones is 1. The summed E-state index contributed by atoms with van der Waals surface area (Å²) in [6.07, 6.45) is 1.18. The number of hydrogen-bond acceptors (Lipinski definition) is 3. The average Bonchev–Trinajstić information content (AvgIpc) is 2.97. The Labute approximate surface area is 121 Å². The molecule has 2 aromatic carbocycles. The highest BCUT2D eigenvalue weighted by Gasteiger charge is 2.12. The third-order valence-electron chi connectivity index (χ3n) is 3.36. The van der Waals surface area contributed by atoms with Crippen LogP contribution >= 0.6 is 0 Å². The van der Waals surface area contributed by atoms with E-state index in [4.69, 9.17) is 4.74 Å². The van der Waals surface area contributed by atoms with Gasteiger partial charge in [-0.1, -0.05) is 30.3 Å². The van der Waals surface area contributed by atoms with Crippen LogP contribution in [0.15, 0.2) is 60.8 Å². The number of nitrogens with zero attached hydrogens (tertiary/aromatic N) is 1. The van der Waals surface area contributed by atoms with Gasteiger partial charge in [0.2, 0.25) is 0 Å². The average molecular weight is 279 g/mol. The van der Waals surface area contributed by atoms with E-state index >= 15 is 0 Å². The number of fused-ring (bicyclic) bond motifs is 1. The minimum absolute atomic E-state index is 0.0386. The zero-order valence-corrected chi connectivity index (χ0v) is 11.4. The Morgan fingerprint density at radius 2 is 1.71 bits per heavy atom. The van der Waals surface area contributed by atoms with Crippen molar-refractivity contribution in [1.82, 2.24) is 4.57 Å². The molecule has 0 atom stereocenters. The number of benzene rings is 2. The van der Waals surface area contributed by atoms with Crippen molar-refractivity contribution >= 4 is 22.8 Å². The van der Waals surface area contributed by atoms with Crippen LogP contribution in [0.3, 0.4) is 0 Å². The number of carbonyl (C=O) groups excluding carboxylic acids is 2. The molecule has 0 bridgehead atoms. The maximum Gasteiger partial charge on any atom is 0.418 e. The van der Waals surface area contributed by atoms with Gasteiger partial charge >= 0.3 is 6.09 Å². The molecule has 0 amide bonds. The van der Waals surface area contributed by atoms with E-state index in [0.29, 0.717) is 16.6 Å². The molecule has 4 heteroatoms. The van der Waals surface area contributed by atoms with E-state index in [1.807, 2.05) is 18.2 Å². The zero-order chi connectivity index (χ0) is 14.8. The molecule has 0 unspecified atom stereocenters. The van der Waals surface area contributed by atoms with Crippen molar-refractivity contribution in [1.29, 1.82) is 0 Å². The highest BCUT2D eigenvalue weighted by molar-refractivity contribution is 6.10. The third-order valence-corrected chi connectivity index (χ3v) is 3.36. The van der Waals surface area contributed by atoms with Crippen molar-refractivity contribution in [3.05, 3.63) is 71.9 Å². The summed E-state index contributed by atoms with van der Waals surface area (Å²) in [4.78, 5) is 24.0. The van der Waals surface area contributed by atoms with E-state index in [-0.39, 0.29) is 5.78 Å². The summed E-state index contributed by atoms with van der Waals surface area (Å²) in [7, 11) is 1.33. The van der Waals surface area contributed by atoms with Crippen LogP contribution in [0, 0.1) is 0 Å². The molecule has 3 rings (SSSR count). The predicted molar refractivity (Wildman–Crippen MR) is 79.6 cm³/mol. The van der Waals surface area contributed by atoms with Crippen LogP contribution in [-0.2, 0) is 4.74 Å². The smallest absolute Gasteiger partial charge is 0.418 e. The van der Waals surface area contributed by atoms with Gasteiger partial charge in [-0.15, -0.1) is 0 Å². The number of methoxy groups -OCH3 is 1. The molecule has 21 heavy (non-hydrogen) atoms. The third kappa shape index (κ3) is 2.31. The molecule has 104 valence electrons. The Bertz CT molecular complexity index is 818. The highest BCUT2D eigenvalue weighted by Crippen LogP contribution is 2.20. The maximum absolute atomic E-state index is 12.4. The Kier molecular flexibility index (Phi) is 3.28. The standard InChI is InChI=1S/C17H13NO3/c1-21-17(20)18-10-9-13-11-14(7-8-15(13)18)16(19)12-5-3-2-4-6-12/h2-11H,1H3. The van der Waals surface area contributed by atoms with Gasteiger partial charge < -0.3 is 4.74 Å². The van der Waals surface area contributed by atoms with Crippen molar-refractivity contribution < 1.29 is 14.3 Å². The fourth-order valence-electron chi connectivity index (χ4n) is 2.30. The van der Waals surface area contributed by atoms with Gasteiger partial charge in [-0.3, -0.25) is 9.36 Å². The van der Waals surface area contributed by atoms with E-state index in [0.717, 1.165) is 5.39 Å². The monoisotopic (exact) mass is 279 g/mol. The molecule has 0 aliphatic carbocycles. The van der Waals surface area contributed by atoms with Gasteiger partial charge in [0.05, 0.1) is 12.6 Å². The second-order valence-corrected chi connectivity index (χ2v) is 4.62. The van der Waals surface area contributed by atoms with Gasteiger partial charge in [0, 0.05) is 22.7 Å². The van der Waals surface area contributed by atoms with Gasteiger partial charge in [0.1, 0.15) is 0 Å². The second-order valence-electron chi connectivity index (χ2n) is 4.62. The fraction of sp³-hybridized carbons (Fsp3) is 0.0588. The second kappa shape index (κ2) is 5.25. The molecule has 0 aliphatic heterocycles. The van der Waals surface area contributed by atoms with Crippen LogP contribution in [-0.4, -0.2) is 23.6 Å². The summed E-state index contributed by atoms with van der Waals surface area (Å²) in [5, 5.41) is 0.821. The largest absolute Gasteiger partial charge is 0.452 e. The van der Waals surface area contributed by atoms with Crippen molar-refractivity contribution in [2.24, 2.45) is 0 Å².